The third-order valence-corrected chi connectivity index (χ3v) is 7.46. The summed E-state index contributed by atoms with van der Waals surface area (Å²) in [6.07, 6.45) is 5.02. The van der Waals surface area contributed by atoms with Gasteiger partial charge in [-0.05, 0) is 64.7 Å². The summed E-state index contributed by atoms with van der Waals surface area (Å²) in [6, 6.07) is 11.3. The Balaban J connectivity index is 1.42. The van der Waals surface area contributed by atoms with E-state index < -0.39 is 23.3 Å². The monoisotopic (exact) mass is 545 g/mol. The molecule has 1 fully saturated rings. The Morgan fingerprint density at radius 2 is 1.80 bits per heavy atom. The van der Waals surface area contributed by atoms with Crippen LogP contribution in [0, 0.1) is 11.3 Å². The fraction of sp³-hybridized carbons (Fsp3) is 0.516. The zero-order chi connectivity index (χ0) is 29.1. The first-order valence-electron chi connectivity index (χ1n) is 14.0. The topological polar surface area (TPSA) is 124 Å². The van der Waals surface area contributed by atoms with Gasteiger partial charge in [0, 0.05) is 36.3 Å². The standard InChI is InChI=1S/C31H39N5O4/c1-20(2)36-19-24-16-23(18-33-26(24)27(36)37)22-11-9-21(10-12-22)15-25(17-32)34-28(38)31(13-7-6-8-14-31)35-29(39)40-30(3,4)5/h9-12,16,18,20,25H,6-8,13-15,19H2,1-5H3,(H,34,38)(H,35,39)/t25-/m0/s1. The van der Waals surface area contributed by atoms with Gasteiger partial charge in [0.1, 0.15) is 22.9 Å². The lowest BCUT2D eigenvalue weighted by Crippen LogP contribution is -2.61. The molecule has 1 aliphatic heterocycles. The molecule has 2 aromatic rings. The van der Waals surface area contributed by atoms with Gasteiger partial charge in [-0.3, -0.25) is 14.6 Å². The molecule has 0 spiro atoms. The molecule has 1 aliphatic carbocycles. The zero-order valence-electron chi connectivity index (χ0n) is 24.0. The number of pyridine rings is 1. The van der Waals surface area contributed by atoms with Crippen LogP contribution in [0.2, 0.25) is 0 Å². The van der Waals surface area contributed by atoms with Gasteiger partial charge in [0.2, 0.25) is 5.91 Å². The minimum absolute atomic E-state index is 0.0345. The highest BCUT2D eigenvalue weighted by Crippen LogP contribution is 2.30. The molecule has 1 aromatic carbocycles. The average molecular weight is 546 g/mol. The van der Waals surface area contributed by atoms with Gasteiger partial charge in [-0.2, -0.15) is 5.26 Å². The minimum Gasteiger partial charge on any atom is -0.444 e. The number of benzene rings is 1. The average Bonchev–Trinajstić information content (AvgIpc) is 3.24. The maximum absolute atomic E-state index is 13.4. The molecule has 9 heteroatoms. The second-order valence-corrected chi connectivity index (χ2v) is 12.1. The fourth-order valence-electron chi connectivity index (χ4n) is 5.35. The quantitative estimate of drug-likeness (QED) is 0.510. The number of rotatable bonds is 7. The van der Waals surface area contributed by atoms with Crippen LogP contribution in [0.15, 0.2) is 36.5 Å². The molecule has 0 bridgehead atoms. The molecule has 40 heavy (non-hydrogen) atoms. The molecule has 1 aromatic heterocycles. The third-order valence-electron chi connectivity index (χ3n) is 7.46. The molecule has 212 valence electrons. The number of aromatic nitrogens is 1. The van der Waals surface area contributed by atoms with Crippen LogP contribution in [0.25, 0.3) is 11.1 Å². The van der Waals surface area contributed by atoms with Crippen LogP contribution in [-0.2, 0) is 22.5 Å². The van der Waals surface area contributed by atoms with Crippen molar-refractivity contribution in [2.75, 3.05) is 0 Å². The zero-order valence-corrected chi connectivity index (χ0v) is 24.0. The first-order valence-corrected chi connectivity index (χ1v) is 14.0. The van der Waals surface area contributed by atoms with E-state index in [0.717, 1.165) is 41.5 Å². The Morgan fingerprint density at radius 3 is 2.40 bits per heavy atom. The van der Waals surface area contributed by atoms with E-state index in [4.69, 9.17) is 4.74 Å². The normalized spacial score (nSPS) is 17.1. The van der Waals surface area contributed by atoms with E-state index >= 15 is 0 Å². The maximum Gasteiger partial charge on any atom is 0.408 e. The summed E-state index contributed by atoms with van der Waals surface area (Å²) in [7, 11) is 0. The van der Waals surface area contributed by atoms with Crippen molar-refractivity contribution in [1.29, 1.82) is 5.26 Å². The Morgan fingerprint density at radius 1 is 1.12 bits per heavy atom. The first kappa shape index (κ1) is 29.1. The lowest BCUT2D eigenvalue weighted by atomic mass is 9.80. The van der Waals surface area contributed by atoms with Gasteiger partial charge in [-0.25, -0.2) is 4.79 Å². The fourth-order valence-corrected chi connectivity index (χ4v) is 5.35. The second kappa shape index (κ2) is 11.7. The largest absolute Gasteiger partial charge is 0.444 e. The number of carbonyl (C=O) groups excluding carboxylic acids is 3. The molecule has 0 saturated heterocycles. The molecular weight excluding hydrogens is 506 g/mol. The van der Waals surface area contributed by atoms with E-state index in [1.165, 1.54) is 0 Å². The molecule has 2 heterocycles. The lowest BCUT2D eigenvalue weighted by molar-refractivity contribution is -0.129. The molecule has 1 atom stereocenters. The van der Waals surface area contributed by atoms with Crippen LogP contribution in [0.4, 0.5) is 4.79 Å². The number of amides is 3. The predicted octanol–water partition coefficient (Wildman–Crippen LogP) is 4.89. The van der Waals surface area contributed by atoms with Crippen molar-refractivity contribution in [3.8, 4) is 17.2 Å². The molecule has 2 N–H and O–H groups in total. The molecule has 3 amide bonds. The lowest BCUT2D eigenvalue weighted by Gasteiger charge is -2.37. The van der Waals surface area contributed by atoms with Crippen molar-refractivity contribution >= 4 is 17.9 Å². The number of nitrogens with one attached hydrogen (secondary N) is 2. The summed E-state index contributed by atoms with van der Waals surface area (Å²) in [5.41, 5.74) is 2.43. The number of ether oxygens (including phenoxy) is 1. The van der Waals surface area contributed by atoms with Gasteiger partial charge in [0.05, 0.1) is 6.07 Å². The molecule has 2 aliphatic rings. The van der Waals surface area contributed by atoms with Crippen molar-refractivity contribution in [1.82, 2.24) is 20.5 Å². The summed E-state index contributed by atoms with van der Waals surface area (Å²) < 4.78 is 5.42. The van der Waals surface area contributed by atoms with E-state index in [1.807, 2.05) is 44.2 Å². The minimum atomic E-state index is -1.09. The molecule has 0 radical (unpaired) electrons. The number of alkyl carbamates (subject to hydrolysis) is 1. The summed E-state index contributed by atoms with van der Waals surface area (Å²) in [5, 5.41) is 15.5. The highest BCUT2D eigenvalue weighted by atomic mass is 16.6. The van der Waals surface area contributed by atoms with Gasteiger partial charge < -0.3 is 20.3 Å². The summed E-state index contributed by atoms with van der Waals surface area (Å²) in [6.45, 7) is 9.87. The Kier molecular flexibility index (Phi) is 8.48. The van der Waals surface area contributed by atoms with Crippen molar-refractivity contribution in [3.63, 3.8) is 0 Å². The van der Waals surface area contributed by atoms with Crippen molar-refractivity contribution in [3.05, 3.63) is 53.3 Å². The van der Waals surface area contributed by atoms with Gasteiger partial charge in [0.25, 0.3) is 5.91 Å². The molecule has 4 rings (SSSR count). The third kappa shape index (κ3) is 6.61. The predicted molar refractivity (Wildman–Crippen MR) is 151 cm³/mol. The molecule has 1 saturated carbocycles. The number of nitriles is 1. The molecule has 9 nitrogen and oxygen atoms in total. The van der Waals surface area contributed by atoms with Crippen LogP contribution in [0.1, 0.15) is 88.3 Å². The maximum atomic E-state index is 13.4. The van der Waals surface area contributed by atoms with Gasteiger partial charge in [-0.1, -0.05) is 43.5 Å². The van der Waals surface area contributed by atoms with E-state index in [1.54, 1.807) is 31.9 Å². The Bertz CT molecular complexity index is 1300. The highest BCUT2D eigenvalue weighted by Gasteiger charge is 2.42. The van der Waals surface area contributed by atoms with Crippen LogP contribution >= 0.6 is 0 Å². The number of nitrogens with zero attached hydrogens (tertiary/aromatic N) is 3. The molecule has 0 unspecified atom stereocenters. The number of carbonyl (C=O) groups is 3. The van der Waals surface area contributed by atoms with E-state index in [0.29, 0.717) is 31.5 Å². The van der Waals surface area contributed by atoms with Crippen LogP contribution < -0.4 is 10.6 Å². The summed E-state index contributed by atoms with van der Waals surface area (Å²) in [4.78, 5) is 44.8. The second-order valence-electron chi connectivity index (χ2n) is 12.1. The van der Waals surface area contributed by atoms with Crippen molar-refractivity contribution in [2.24, 2.45) is 0 Å². The number of fused-ring (bicyclic) bond motifs is 1. The Labute approximate surface area is 236 Å². The number of hydrogen-bond donors (Lipinski definition) is 2. The SMILES string of the molecule is CC(C)N1Cc2cc(-c3ccc(C[C@@H](C#N)NC(=O)C4(NC(=O)OC(C)(C)C)CCCCC4)cc3)cnc2C1=O. The first-order chi connectivity index (χ1) is 18.9. The molecular formula is C31H39N5O4. The smallest absolute Gasteiger partial charge is 0.408 e. The van der Waals surface area contributed by atoms with E-state index in [-0.39, 0.29) is 17.9 Å². The van der Waals surface area contributed by atoms with Crippen molar-refractivity contribution < 1.29 is 19.1 Å². The number of hydrogen-bond acceptors (Lipinski definition) is 6. The van der Waals surface area contributed by atoms with E-state index in [9.17, 15) is 19.6 Å². The highest BCUT2D eigenvalue weighted by molar-refractivity contribution is 5.97. The summed E-state index contributed by atoms with van der Waals surface area (Å²) >= 11 is 0. The van der Waals surface area contributed by atoms with Gasteiger partial charge in [0.15, 0.2) is 0 Å². The Hall–Kier alpha value is -3.93. The summed E-state index contributed by atoms with van der Waals surface area (Å²) in [5.74, 6) is -0.386. The van der Waals surface area contributed by atoms with Crippen LogP contribution in [0.5, 0.6) is 0 Å². The van der Waals surface area contributed by atoms with Crippen molar-refractivity contribution in [2.45, 2.75) is 103 Å². The van der Waals surface area contributed by atoms with Crippen LogP contribution in [0.3, 0.4) is 0 Å². The van der Waals surface area contributed by atoms with Crippen LogP contribution in [-0.4, -0.2) is 51.0 Å². The van der Waals surface area contributed by atoms with E-state index in [2.05, 4.69) is 21.7 Å². The van der Waals surface area contributed by atoms with Gasteiger partial charge in [-0.15, -0.1) is 0 Å². The van der Waals surface area contributed by atoms with Gasteiger partial charge >= 0.3 is 6.09 Å².